The predicted molar refractivity (Wildman–Crippen MR) is 117 cm³/mol. The van der Waals surface area contributed by atoms with Gasteiger partial charge in [0.15, 0.2) is 0 Å². The first-order valence-corrected chi connectivity index (χ1v) is 11.0. The van der Waals surface area contributed by atoms with E-state index in [1.54, 1.807) is 30.3 Å². The normalized spacial score (nSPS) is 12.0. The Morgan fingerprint density at radius 1 is 1.04 bits per heavy atom. The monoisotopic (exact) mass is 412 g/mol. The van der Waals surface area contributed by atoms with Crippen molar-refractivity contribution in [2.45, 2.75) is 24.7 Å². The molecule has 0 saturated carbocycles. The van der Waals surface area contributed by atoms with Crippen molar-refractivity contribution in [2.24, 2.45) is 7.05 Å². The molecular weight excluding hydrogens is 392 g/mol. The molecule has 0 spiro atoms. The summed E-state index contributed by atoms with van der Waals surface area (Å²) in [6, 6.07) is 16.1. The van der Waals surface area contributed by atoms with Crippen LogP contribution in [-0.4, -0.2) is 13.0 Å². The highest BCUT2D eigenvalue weighted by molar-refractivity contribution is 7.92. The number of nitrogens with one attached hydrogen (secondary N) is 1. The molecule has 4 rings (SSSR count). The van der Waals surface area contributed by atoms with E-state index in [4.69, 9.17) is 11.6 Å². The van der Waals surface area contributed by atoms with Crippen LogP contribution in [0.4, 0.5) is 5.69 Å². The van der Waals surface area contributed by atoms with Crippen LogP contribution in [-0.2, 0) is 23.5 Å². The third-order valence-electron chi connectivity index (χ3n) is 4.95. The zero-order valence-electron chi connectivity index (χ0n) is 15.7. The van der Waals surface area contributed by atoms with E-state index in [-0.39, 0.29) is 4.90 Å². The average Bonchev–Trinajstić information content (AvgIpc) is 2.97. The second-order valence-electron chi connectivity index (χ2n) is 6.98. The molecule has 4 nitrogen and oxygen atoms in total. The molecule has 1 N–H and O–H groups in total. The number of aryl methyl sites for hydroxylation is 2. The van der Waals surface area contributed by atoms with Crippen molar-refractivity contribution in [2.75, 3.05) is 4.72 Å². The van der Waals surface area contributed by atoms with Gasteiger partial charge in [0.2, 0.25) is 0 Å². The van der Waals surface area contributed by atoms with Crippen LogP contribution in [0, 0.1) is 0 Å². The van der Waals surface area contributed by atoms with Crippen molar-refractivity contribution in [1.29, 1.82) is 0 Å². The maximum atomic E-state index is 12.9. The lowest BCUT2D eigenvalue weighted by molar-refractivity contribution is 0.601. The summed E-state index contributed by atoms with van der Waals surface area (Å²) in [4.78, 5) is 0.212. The Morgan fingerprint density at radius 3 is 2.64 bits per heavy atom. The van der Waals surface area contributed by atoms with Crippen molar-refractivity contribution >= 4 is 49.0 Å². The summed E-state index contributed by atoms with van der Waals surface area (Å²) in [5, 5.41) is 3.30. The predicted octanol–water partition coefficient (Wildman–Crippen LogP) is 5.74. The fourth-order valence-electron chi connectivity index (χ4n) is 3.61. The van der Waals surface area contributed by atoms with Crippen LogP contribution in [0.3, 0.4) is 0 Å². The lowest BCUT2D eigenvalue weighted by Crippen LogP contribution is -2.12. The molecule has 0 atom stereocenters. The summed E-state index contributed by atoms with van der Waals surface area (Å²) in [5.41, 5.74) is 2.87. The van der Waals surface area contributed by atoms with Gasteiger partial charge in [-0.05, 0) is 53.8 Å². The molecule has 4 aromatic rings. The Labute approximate surface area is 169 Å². The minimum atomic E-state index is -3.70. The van der Waals surface area contributed by atoms with Gasteiger partial charge >= 0.3 is 0 Å². The number of nitrogens with zero attached hydrogens (tertiary/aromatic N) is 1. The van der Waals surface area contributed by atoms with E-state index in [2.05, 4.69) is 22.4 Å². The lowest BCUT2D eigenvalue weighted by Gasteiger charge is -2.10. The summed E-state index contributed by atoms with van der Waals surface area (Å²) < 4.78 is 30.7. The van der Waals surface area contributed by atoms with Gasteiger partial charge in [-0.3, -0.25) is 4.72 Å². The lowest BCUT2D eigenvalue weighted by atomic mass is 10.1. The van der Waals surface area contributed by atoms with Crippen LogP contribution in [0.5, 0.6) is 0 Å². The van der Waals surface area contributed by atoms with Gasteiger partial charge in [0.25, 0.3) is 10.0 Å². The molecule has 0 aliphatic heterocycles. The maximum Gasteiger partial charge on any atom is 0.261 e. The van der Waals surface area contributed by atoms with E-state index in [1.165, 1.54) is 5.56 Å². The molecule has 144 valence electrons. The summed E-state index contributed by atoms with van der Waals surface area (Å²) in [6.45, 7) is 2.14. The van der Waals surface area contributed by atoms with E-state index in [0.717, 1.165) is 34.5 Å². The van der Waals surface area contributed by atoms with Crippen LogP contribution in [0.25, 0.3) is 21.7 Å². The summed E-state index contributed by atoms with van der Waals surface area (Å²) in [6.07, 6.45) is 4.10. The van der Waals surface area contributed by atoms with E-state index < -0.39 is 10.0 Å². The molecule has 6 heteroatoms. The number of hydrogen-bond acceptors (Lipinski definition) is 2. The number of sulfonamides is 1. The van der Waals surface area contributed by atoms with Gasteiger partial charge in [-0.15, -0.1) is 0 Å². The summed E-state index contributed by atoms with van der Waals surface area (Å²) in [5.74, 6) is 0. The van der Waals surface area contributed by atoms with E-state index >= 15 is 0 Å². The first-order valence-electron chi connectivity index (χ1n) is 9.18. The Balaban J connectivity index is 1.72. The fourth-order valence-corrected chi connectivity index (χ4v) is 4.94. The second-order valence-corrected chi connectivity index (χ2v) is 9.07. The van der Waals surface area contributed by atoms with Crippen molar-refractivity contribution < 1.29 is 8.42 Å². The number of benzene rings is 3. The molecule has 1 heterocycles. The van der Waals surface area contributed by atoms with Crippen molar-refractivity contribution in [1.82, 2.24) is 4.57 Å². The highest BCUT2D eigenvalue weighted by Gasteiger charge is 2.16. The first-order chi connectivity index (χ1) is 13.4. The standard InChI is InChI=1S/C22H21ClN2O2S/c1-3-5-16-14-25(2)22-11-8-17(13-20(16)22)24-28(26,27)18-9-10-19-15(12-18)6-4-7-21(19)23/h4,6-14,24H,3,5H2,1-2H3. The maximum absolute atomic E-state index is 12.9. The third kappa shape index (κ3) is 3.36. The third-order valence-corrected chi connectivity index (χ3v) is 6.66. The van der Waals surface area contributed by atoms with Crippen LogP contribution >= 0.6 is 11.6 Å². The van der Waals surface area contributed by atoms with Crippen LogP contribution in [0.1, 0.15) is 18.9 Å². The number of fused-ring (bicyclic) bond motifs is 2. The van der Waals surface area contributed by atoms with Crippen molar-refractivity contribution in [3.05, 3.63) is 71.4 Å². The van der Waals surface area contributed by atoms with Crippen molar-refractivity contribution in [3.63, 3.8) is 0 Å². The average molecular weight is 413 g/mol. The van der Waals surface area contributed by atoms with E-state index in [9.17, 15) is 8.42 Å². The van der Waals surface area contributed by atoms with Gasteiger partial charge < -0.3 is 4.57 Å². The van der Waals surface area contributed by atoms with Gasteiger partial charge in [0, 0.05) is 40.2 Å². The number of anilines is 1. The van der Waals surface area contributed by atoms with Gasteiger partial charge in [0.05, 0.1) is 4.90 Å². The molecule has 1 aromatic heterocycles. The zero-order valence-corrected chi connectivity index (χ0v) is 17.3. The Morgan fingerprint density at radius 2 is 1.86 bits per heavy atom. The minimum Gasteiger partial charge on any atom is -0.350 e. The van der Waals surface area contributed by atoms with E-state index in [0.29, 0.717) is 10.7 Å². The first kappa shape index (κ1) is 18.8. The molecule has 0 aliphatic rings. The van der Waals surface area contributed by atoms with Crippen LogP contribution in [0.15, 0.2) is 65.7 Å². The van der Waals surface area contributed by atoms with E-state index in [1.807, 2.05) is 31.3 Å². The number of halogens is 1. The number of aromatic nitrogens is 1. The van der Waals surface area contributed by atoms with Crippen LogP contribution < -0.4 is 4.72 Å². The minimum absolute atomic E-state index is 0.212. The molecule has 0 unspecified atom stereocenters. The van der Waals surface area contributed by atoms with Crippen LogP contribution in [0.2, 0.25) is 5.02 Å². The Hall–Kier alpha value is -2.50. The molecule has 0 amide bonds. The smallest absolute Gasteiger partial charge is 0.261 e. The highest BCUT2D eigenvalue weighted by Crippen LogP contribution is 2.29. The molecule has 0 aliphatic carbocycles. The molecule has 0 saturated heterocycles. The fraction of sp³-hybridized carbons (Fsp3) is 0.182. The molecule has 0 bridgehead atoms. The molecule has 0 radical (unpaired) electrons. The van der Waals surface area contributed by atoms with Crippen molar-refractivity contribution in [3.8, 4) is 0 Å². The quantitative estimate of drug-likeness (QED) is 0.454. The van der Waals surface area contributed by atoms with Gasteiger partial charge in [-0.2, -0.15) is 0 Å². The molecule has 0 fully saturated rings. The number of rotatable bonds is 5. The number of hydrogen-bond donors (Lipinski definition) is 1. The summed E-state index contributed by atoms with van der Waals surface area (Å²) in [7, 11) is -1.70. The second kappa shape index (κ2) is 7.15. The molecular formula is C22H21ClN2O2S. The molecule has 3 aromatic carbocycles. The molecule has 28 heavy (non-hydrogen) atoms. The van der Waals surface area contributed by atoms with Gasteiger partial charge in [-0.25, -0.2) is 8.42 Å². The Bertz CT molecular complexity index is 1290. The summed E-state index contributed by atoms with van der Waals surface area (Å²) >= 11 is 6.18. The largest absolute Gasteiger partial charge is 0.350 e. The van der Waals surface area contributed by atoms with Gasteiger partial charge in [0.1, 0.15) is 0 Å². The van der Waals surface area contributed by atoms with Gasteiger partial charge in [-0.1, -0.05) is 43.1 Å². The zero-order chi connectivity index (χ0) is 19.9. The Kier molecular flexibility index (Phi) is 4.81. The SMILES string of the molecule is CCCc1cn(C)c2ccc(NS(=O)(=O)c3ccc4c(Cl)cccc4c3)cc12. The highest BCUT2D eigenvalue weighted by atomic mass is 35.5. The topological polar surface area (TPSA) is 51.1 Å².